The standard InChI is InChI=1S/C30H50O/c1-8-22(19(2)3)10-9-20(4)24-13-14-26-23-11-12-25-21(5)28(31)16-18-30(25,7)27(23)15-17-29(24,26)6/h8,11,19-21,24-28,31H,9-10,12-18H2,1-7H3/b22-8-/t20?,21?,24-,25?,26?,27?,28+,29-,30+/m1/s1. The van der Waals surface area contributed by atoms with E-state index in [2.05, 4.69) is 60.6 Å². The fourth-order valence-electron chi connectivity index (χ4n) is 9.28. The molecule has 176 valence electrons. The van der Waals surface area contributed by atoms with Gasteiger partial charge in [-0.2, -0.15) is 0 Å². The smallest absolute Gasteiger partial charge is 0.0568 e. The van der Waals surface area contributed by atoms with Gasteiger partial charge in [0.25, 0.3) is 0 Å². The highest BCUT2D eigenvalue weighted by atomic mass is 16.3. The van der Waals surface area contributed by atoms with Gasteiger partial charge in [-0.25, -0.2) is 0 Å². The maximum atomic E-state index is 10.5. The lowest BCUT2D eigenvalue weighted by Crippen LogP contribution is -2.52. The van der Waals surface area contributed by atoms with Gasteiger partial charge in [0.15, 0.2) is 0 Å². The molecule has 0 aromatic carbocycles. The predicted molar refractivity (Wildman–Crippen MR) is 133 cm³/mol. The van der Waals surface area contributed by atoms with Gasteiger partial charge in [0.1, 0.15) is 0 Å². The van der Waals surface area contributed by atoms with Crippen LogP contribution in [0.5, 0.6) is 0 Å². The Morgan fingerprint density at radius 3 is 2.42 bits per heavy atom. The third-order valence-electron chi connectivity index (χ3n) is 11.3. The average Bonchev–Trinajstić information content (AvgIpc) is 3.08. The second-order valence-corrected chi connectivity index (χ2v) is 12.9. The van der Waals surface area contributed by atoms with Crippen LogP contribution in [0.1, 0.15) is 106 Å². The minimum absolute atomic E-state index is 0.0773. The largest absolute Gasteiger partial charge is 0.393 e. The molecule has 0 heterocycles. The van der Waals surface area contributed by atoms with Crippen LogP contribution in [0.25, 0.3) is 0 Å². The van der Waals surface area contributed by atoms with Gasteiger partial charge < -0.3 is 5.11 Å². The summed E-state index contributed by atoms with van der Waals surface area (Å²) in [5, 5.41) is 10.5. The van der Waals surface area contributed by atoms with Crippen LogP contribution < -0.4 is 0 Å². The lowest BCUT2D eigenvalue weighted by atomic mass is 9.46. The van der Waals surface area contributed by atoms with Crippen LogP contribution >= 0.6 is 0 Å². The first-order chi connectivity index (χ1) is 14.6. The number of rotatable bonds is 5. The summed E-state index contributed by atoms with van der Waals surface area (Å²) in [6.45, 7) is 17.1. The summed E-state index contributed by atoms with van der Waals surface area (Å²) in [5.41, 5.74) is 4.45. The molecule has 0 aromatic rings. The van der Waals surface area contributed by atoms with E-state index in [9.17, 15) is 5.11 Å². The van der Waals surface area contributed by atoms with Crippen molar-refractivity contribution >= 4 is 0 Å². The summed E-state index contributed by atoms with van der Waals surface area (Å²) >= 11 is 0. The van der Waals surface area contributed by atoms with Crippen molar-refractivity contribution in [3.05, 3.63) is 23.3 Å². The summed E-state index contributed by atoms with van der Waals surface area (Å²) in [6.07, 6.45) is 16.8. The van der Waals surface area contributed by atoms with Crippen molar-refractivity contribution in [3.8, 4) is 0 Å². The van der Waals surface area contributed by atoms with E-state index >= 15 is 0 Å². The zero-order valence-corrected chi connectivity index (χ0v) is 21.6. The molecule has 31 heavy (non-hydrogen) atoms. The first kappa shape index (κ1) is 23.6. The molecule has 0 spiro atoms. The Hall–Kier alpha value is -0.560. The lowest BCUT2D eigenvalue weighted by Gasteiger charge is -2.59. The second-order valence-electron chi connectivity index (χ2n) is 12.9. The molecule has 0 saturated heterocycles. The Morgan fingerprint density at radius 2 is 1.74 bits per heavy atom. The average molecular weight is 427 g/mol. The molecule has 1 N–H and O–H groups in total. The molecule has 3 fully saturated rings. The Labute approximate surface area is 193 Å². The fraction of sp³-hybridized carbons (Fsp3) is 0.867. The minimum atomic E-state index is -0.0773. The van der Waals surface area contributed by atoms with E-state index in [0.717, 1.165) is 30.1 Å². The normalized spacial score (nSPS) is 46.2. The van der Waals surface area contributed by atoms with Crippen LogP contribution in [-0.2, 0) is 0 Å². The molecule has 1 nitrogen and oxygen atoms in total. The lowest BCUT2D eigenvalue weighted by molar-refractivity contribution is -0.0773. The van der Waals surface area contributed by atoms with E-state index in [1.165, 1.54) is 51.4 Å². The summed E-state index contributed by atoms with van der Waals surface area (Å²) < 4.78 is 0. The molecule has 0 bridgehead atoms. The van der Waals surface area contributed by atoms with Gasteiger partial charge >= 0.3 is 0 Å². The van der Waals surface area contributed by atoms with Crippen molar-refractivity contribution in [2.75, 3.05) is 0 Å². The number of aliphatic hydroxyl groups excluding tert-OH is 1. The third kappa shape index (κ3) is 3.79. The molecule has 0 aromatic heterocycles. The molecular weight excluding hydrogens is 376 g/mol. The quantitative estimate of drug-likeness (QED) is 0.439. The minimum Gasteiger partial charge on any atom is -0.393 e. The van der Waals surface area contributed by atoms with Crippen molar-refractivity contribution in [1.29, 1.82) is 0 Å². The zero-order chi connectivity index (χ0) is 22.6. The topological polar surface area (TPSA) is 20.2 Å². The van der Waals surface area contributed by atoms with E-state index in [1.54, 1.807) is 5.57 Å². The maximum Gasteiger partial charge on any atom is 0.0568 e. The summed E-state index contributed by atoms with van der Waals surface area (Å²) in [4.78, 5) is 0. The Kier molecular flexibility index (Phi) is 6.59. The zero-order valence-electron chi connectivity index (χ0n) is 21.6. The Balaban J connectivity index is 1.51. The molecule has 1 heteroatoms. The van der Waals surface area contributed by atoms with Crippen LogP contribution in [0.2, 0.25) is 0 Å². The van der Waals surface area contributed by atoms with Gasteiger partial charge in [-0.3, -0.25) is 0 Å². The van der Waals surface area contributed by atoms with Crippen molar-refractivity contribution < 1.29 is 5.11 Å². The molecule has 4 rings (SSSR count). The van der Waals surface area contributed by atoms with Crippen LogP contribution in [0, 0.1) is 52.3 Å². The summed E-state index contributed by atoms with van der Waals surface area (Å²) in [5.74, 6) is 5.16. The fourth-order valence-corrected chi connectivity index (χ4v) is 9.28. The monoisotopic (exact) mass is 426 g/mol. The van der Waals surface area contributed by atoms with Gasteiger partial charge in [0.2, 0.25) is 0 Å². The number of fused-ring (bicyclic) bond motifs is 5. The Morgan fingerprint density at radius 1 is 1.06 bits per heavy atom. The van der Waals surface area contributed by atoms with Crippen LogP contribution in [-0.4, -0.2) is 11.2 Å². The molecule has 5 unspecified atom stereocenters. The summed E-state index contributed by atoms with van der Waals surface area (Å²) in [7, 11) is 0. The van der Waals surface area contributed by atoms with Crippen molar-refractivity contribution in [2.24, 2.45) is 52.3 Å². The molecule has 9 atom stereocenters. The molecule has 0 radical (unpaired) electrons. The third-order valence-corrected chi connectivity index (χ3v) is 11.3. The van der Waals surface area contributed by atoms with E-state index < -0.39 is 0 Å². The summed E-state index contributed by atoms with van der Waals surface area (Å²) in [6, 6.07) is 0. The molecule has 0 aliphatic heterocycles. The maximum absolute atomic E-state index is 10.5. The van der Waals surface area contributed by atoms with Crippen molar-refractivity contribution in [3.63, 3.8) is 0 Å². The van der Waals surface area contributed by atoms with Gasteiger partial charge in [-0.05, 0) is 117 Å². The van der Waals surface area contributed by atoms with Gasteiger partial charge in [0, 0.05) is 0 Å². The first-order valence-electron chi connectivity index (χ1n) is 13.7. The van der Waals surface area contributed by atoms with Crippen LogP contribution in [0.15, 0.2) is 23.3 Å². The SMILES string of the molecule is C/C=C(/CCC(C)[C@H]1CCC2C3=CCC4C(C)[C@@H](O)CC[C@]4(C)C3CC[C@@]21C)C(C)C. The predicted octanol–water partition coefficient (Wildman–Crippen LogP) is 8.19. The number of hydrogen-bond donors (Lipinski definition) is 1. The highest BCUT2D eigenvalue weighted by Gasteiger charge is 2.59. The molecular formula is C30H50O. The van der Waals surface area contributed by atoms with E-state index in [4.69, 9.17) is 0 Å². The molecule has 4 aliphatic carbocycles. The number of allylic oxidation sites excluding steroid dienone is 4. The molecule has 3 saturated carbocycles. The highest BCUT2D eigenvalue weighted by molar-refractivity contribution is 5.28. The number of aliphatic hydroxyl groups is 1. The van der Waals surface area contributed by atoms with Gasteiger partial charge in [0.05, 0.1) is 6.10 Å². The number of hydrogen-bond acceptors (Lipinski definition) is 1. The van der Waals surface area contributed by atoms with E-state index in [0.29, 0.717) is 28.6 Å². The first-order valence-corrected chi connectivity index (χ1v) is 13.7. The van der Waals surface area contributed by atoms with Crippen LogP contribution in [0.4, 0.5) is 0 Å². The van der Waals surface area contributed by atoms with Gasteiger partial charge in [-0.1, -0.05) is 64.8 Å². The van der Waals surface area contributed by atoms with Crippen molar-refractivity contribution in [2.45, 2.75) is 112 Å². The van der Waals surface area contributed by atoms with E-state index in [-0.39, 0.29) is 6.10 Å². The van der Waals surface area contributed by atoms with Crippen LogP contribution in [0.3, 0.4) is 0 Å². The Bertz CT molecular complexity index is 716. The second kappa shape index (κ2) is 8.66. The van der Waals surface area contributed by atoms with E-state index in [1.807, 2.05) is 5.57 Å². The van der Waals surface area contributed by atoms with Crippen molar-refractivity contribution in [1.82, 2.24) is 0 Å². The van der Waals surface area contributed by atoms with Gasteiger partial charge in [-0.15, -0.1) is 0 Å². The highest BCUT2D eigenvalue weighted by Crippen LogP contribution is 2.67. The molecule has 4 aliphatic rings. The molecule has 0 amide bonds.